The van der Waals surface area contributed by atoms with Crippen LogP contribution in [0.3, 0.4) is 0 Å². The van der Waals surface area contributed by atoms with Gasteiger partial charge in [-0.2, -0.15) is 0 Å². The fourth-order valence-electron chi connectivity index (χ4n) is 2.24. The highest BCUT2D eigenvalue weighted by Crippen LogP contribution is 2.32. The number of nitro benzene ring substituents is 1. The molecule has 0 atom stereocenters. The lowest BCUT2D eigenvalue weighted by Gasteiger charge is -2.20. The molecule has 7 heteroatoms. The Labute approximate surface area is 121 Å². The Morgan fingerprint density at radius 1 is 1.38 bits per heavy atom. The molecule has 0 unspecified atom stereocenters. The first-order valence-corrected chi connectivity index (χ1v) is 6.44. The summed E-state index contributed by atoms with van der Waals surface area (Å²) in [4.78, 5) is 27.0. The zero-order valence-corrected chi connectivity index (χ0v) is 11.5. The first-order chi connectivity index (χ1) is 10.0. The number of nitro groups is 1. The highest BCUT2D eigenvalue weighted by atomic mass is 16.6. The molecule has 2 rings (SSSR count). The second kappa shape index (κ2) is 6.17. The smallest absolute Gasteiger partial charge is 0.303 e. The summed E-state index contributed by atoms with van der Waals surface area (Å²) in [6.45, 7) is 0.557. The van der Waals surface area contributed by atoms with Gasteiger partial charge in [0.05, 0.1) is 10.3 Å². The average molecular weight is 289 g/mol. The van der Waals surface area contributed by atoms with E-state index in [0.29, 0.717) is 18.4 Å². The minimum absolute atomic E-state index is 0.0146. The first-order valence-electron chi connectivity index (χ1n) is 6.44. The van der Waals surface area contributed by atoms with E-state index >= 15 is 0 Å². The van der Waals surface area contributed by atoms with Crippen molar-refractivity contribution in [3.63, 3.8) is 0 Å². The molecule has 0 amide bonds. The van der Waals surface area contributed by atoms with Gasteiger partial charge in [0, 0.05) is 49.5 Å². The Kier molecular flexibility index (Phi) is 4.32. The summed E-state index contributed by atoms with van der Waals surface area (Å²) >= 11 is 0. The fraction of sp³-hybridized carbons (Fsp3) is 0.286. The van der Waals surface area contributed by atoms with Gasteiger partial charge in [-0.3, -0.25) is 19.9 Å². The van der Waals surface area contributed by atoms with Crippen LogP contribution < -0.4 is 4.90 Å². The number of aromatic nitrogens is 1. The van der Waals surface area contributed by atoms with Crippen LogP contribution in [-0.4, -0.2) is 34.6 Å². The number of carboxylic acids is 1. The molecule has 2 aromatic rings. The van der Waals surface area contributed by atoms with E-state index in [1.807, 2.05) is 11.9 Å². The molecule has 21 heavy (non-hydrogen) atoms. The maximum absolute atomic E-state index is 11.0. The van der Waals surface area contributed by atoms with E-state index in [9.17, 15) is 14.9 Å². The SMILES string of the molecule is CN(CCCC(=O)O)c1ccc([N+](=O)[O-])c2cnccc12. The minimum atomic E-state index is -0.832. The molecule has 0 saturated carbocycles. The Bertz CT molecular complexity index is 687. The first kappa shape index (κ1) is 14.7. The lowest BCUT2D eigenvalue weighted by molar-refractivity contribution is -0.383. The number of non-ortho nitro benzene ring substituents is 1. The van der Waals surface area contributed by atoms with Crippen molar-refractivity contribution in [3.8, 4) is 0 Å². The topological polar surface area (TPSA) is 96.6 Å². The predicted molar refractivity (Wildman–Crippen MR) is 78.5 cm³/mol. The number of carboxylic acid groups (broad SMARTS) is 1. The largest absolute Gasteiger partial charge is 0.481 e. The van der Waals surface area contributed by atoms with Crippen LogP contribution in [0.15, 0.2) is 30.6 Å². The van der Waals surface area contributed by atoms with Crippen molar-refractivity contribution >= 4 is 28.1 Å². The molecule has 0 spiro atoms. The van der Waals surface area contributed by atoms with Crippen molar-refractivity contribution in [1.29, 1.82) is 0 Å². The second-order valence-corrected chi connectivity index (χ2v) is 4.70. The maximum atomic E-state index is 11.0. The molecule has 1 heterocycles. The minimum Gasteiger partial charge on any atom is -0.481 e. The third kappa shape index (κ3) is 3.25. The third-order valence-electron chi connectivity index (χ3n) is 3.26. The molecule has 1 aromatic heterocycles. The van der Waals surface area contributed by atoms with Gasteiger partial charge in [-0.1, -0.05) is 0 Å². The van der Waals surface area contributed by atoms with E-state index < -0.39 is 10.9 Å². The lowest BCUT2D eigenvalue weighted by atomic mass is 10.1. The third-order valence-corrected chi connectivity index (χ3v) is 3.26. The Morgan fingerprint density at radius 2 is 2.14 bits per heavy atom. The van der Waals surface area contributed by atoms with Crippen LogP contribution in [0, 0.1) is 10.1 Å². The quantitative estimate of drug-likeness (QED) is 0.648. The summed E-state index contributed by atoms with van der Waals surface area (Å²) in [5.41, 5.74) is 0.837. The van der Waals surface area contributed by atoms with Crippen molar-refractivity contribution in [3.05, 3.63) is 40.7 Å². The van der Waals surface area contributed by atoms with Gasteiger partial charge >= 0.3 is 5.97 Å². The highest BCUT2D eigenvalue weighted by molar-refractivity contribution is 5.99. The van der Waals surface area contributed by atoms with Crippen LogP contribution in [0.5, 0.6) is 0 Å². The van der Waals surface area contributed by atoms with E-state index in [1.54, 1.807) is 18.3 Å². The Balaban J connectivity index is 2.34. The summed E-state index contributed by atoms with van der Waals surface area (Å²) in [6.07, 6.45) is 3.66. The lowest BCUT2D eigenvalue weighted by Crippen LogP contribution is -2.19. The normalized spacial score (nSPS) is 10.5. The molecule has 0 aliphatic heterocycles. The number of nitrogens with zero attached hydrogens (tertiary/aromatic N) is 3. The van der Waals surface area contributed by atoms with Crippen molar-refractivity contribution in [2.24, 2.45) is 0 Å². The van der Waals surface area contributed by atoms with Crippen LogP contribution >= 0.6 is 0 Å². The van der Waals surface area contributed by atoms with Gasteiger partial charge in [0.1, 0.15) is 0 Å². The number of hydrogen-bond acceptors (Lipinski definition) is 5. The van der Waals surface area contributed by atoms with Gasteiger partial charge in [-0.05, 0) is 18.6 Å². The number of aliphatic carboxylic acids is 1. The van der Waals surface area contributed by atoms with E-state index in [4.69, 9.17) is 5.11 Å². The number of benzene rings is 1. The Morgan fingerprint density at radius 3 is 2.81 bits per heavy atom. The number of anilines is 1. The van der Waals surface area contributed by atoms with Gasteiger partial charge in [0.25, 0.3) is 5.69 Å². The standard InChI is InChI=1S/C14H15N3O4/c1-16(8-2-3-14(18)19)12-4-5-13(17(20)21)11-9-15-7-6-10(11)12/h4-7,9H,2-3,8H2,1H3,(H,18,19). The summed E-state index contributed by atoms with van der Waals surface area (Å²) < 4.78 is 0. The number of pyridine rings is 1. The number of fused-ring (bicyclic) bond motifs is 1. The molecule has 1 aromatic carbocycles. The van der Waals surface area contributed by atoms with Gasteiger partial charge in [0.15, 0.2) is 0 Å². The summed E-state index contributed by atoms with van der Waals surface area (Å²) in [5.74, 6) is -0.832. The van der Waals surface area contributed by atoms with Crippen molar-refractivity contribution in [2.45, 2.75) is 12.8 Å². The van der Waals surface area contributed by atoms with Gasteiger partial charge in [-0.15, -0.1) is 0 Å². The van der Waals surface area contributed by atoms with Crippen molar-refractivity contribution < 1.29 is 14.8 Å². The van der Waals surface area contributed by atoms with Crippen LogP contribution in [-0.2, 0) is 4.79 Å². The molecule has 0 saturated heterocycles. The van der Waals surface area contributed by atoms with Crippen molar-refractivity contribution in [2.75, 3.05) is 18.5 Å². The monoisotopic (exact) mass is 289 g/mol. The summed E-state index contributed by atoms with van der Waals surface area (Å²) in [6, 6.07) is 4.86. The number of carbonyl (C=O) groups is 1. The zero-order valence-electron chi connectivity index (χ0n) is 11.5. The molecule has 0 bridgehead atoms. The molecule has 0 aliphatic rings. The summed E-state index contributed by atoms with van der Waals surface area (Å²) in [7, 11) is 1.84. The molecular weight excluding hydrogens is 274 g/mol. The van der Waals surface area contributed by atoms with Gasteiger partial charge in [-0.25, -0.2) is 0 Å². The molecule has 0 fully saturated rings. The molecule has 110 valence electrons. The van der Waals surface area contributed by atoms with Crippen molar-refractivity contribution in [1.82, 2.24) is 4.98 Å². The van der Waals surface area contributed by atoms with Gasteiger partial charge < -0.3 is 10.0 Å². The number of hydrogen-bond donors (Lipinski definition) is 1. The van der Waals surface area contributed by atoms with Crippen LogP contribution in [0.2, 0.25) is 0 Å². The molecular formula is C14H15N3O4. The van der Waals surface area contributed by atoms with E-state index in [0.717, 1.165) is 11.1 Å². The van der Waals surface area contributed by atoms with E-state index in [-0.39, 0.29) is 12.1 Å². The zero-order chi connectivity index (χ0) is 15.4. The van der Waals surface area contributed by atoms with E-state index in [1.165, 1.54) is 12.3 Å². The second-order valence-electron chi connectivity index (χ2n) is 4.70. The van der Waals surface area contributed by atoms with Crippen LogP contribution in [0.4, 0.5) is 11.4 Å². The molecule has 0 aliphatic carbocycles. The molecule has 7 nitrogen and oxygen atoms in total. The Hall–Kier alpha value is -2.70. The number of rotatable bonds is 6. The molecule has 0 radical (unpaired) electrons. The fourth-order valence-corrected chi connectivity index (χ4v) is 2.24. The van der Waals surface area contributed by atoms with Gasteiger partial charge in [0.2, 0.25) is 0 Å². The van der Waals surface area contributed by atoms with Crippen LogP contribution in [0.25, 0.3) is 10.8 Å². The highest BCUT2D eigenvalue weighted by Gasteiger charge is 2.16. The van der Waals surface area contributed by atoms with E-state index in [2.05, 4.69) is 4.98 Å². The predicted octanol–water partition coefficient (Wildman–Crippen LogP) is 2.44. The average Bonchev–Trinajstić information content (AvgIpc) is 2.45. The summed E-state index contributed by atoms with van der Waals surface area (Å²) in [5, 5.41) is 20.9. The molecule has 1 N–H and O–H groups in total. The van der Waals surface area contributed by atoms with Crippen LogP contribution in [0.1, 0.15) is 12.8 Å². The maximum Gasteiger partial charge on any atom is 0.303 e.